The Balaban J connectivity index is 1.75. The summed E-state index contributed by atoms with van der Waals surface area (Å²) in [4.78, 5) is 28.6. The molecule has 4 nitrogen and oxygen atoms in total. The van der Waals surface area contributed by atoms with Crippen molar-refractivity contribution in [1.82, 2.24) is 9.80 Å². The van der Waals surface area contributed by atoms with Crippen molar-refractivity contribution >= 4 is 11.8 Å². The van der Waals surface area contributed by atoms with E-state index in [9.17, 15) is 9.59 Å². The van der Waals surface area contributed by atoms with Gasteiger partial charge in [0.15, 0.2) is 0 Å². The summed E-state index contributed by atoms with van der Waals surface area (Å²) in [6.45, 7) is 4.53. The molecule has 3 rings (SSSR count). The molecule has 2 heterocycles. The molecule has 0 aromatic heterocycles. The summed E-state index contributed by atoms with van der Waals surface area (Å²) >= 11 is 0. The fourth-order valence-electron chi connectivity index (χ4n) is 3.74. The molecule has 3 fully saturated rings. The average molecular weight is 264 g/mol. The first-order chi connectivity index (χ1) is 9.09. The van der Waals surface area contributed by atoms with E-state index in [1.807, 2.05) is 9.80 Å². The molecule has 0 spiro atoms. The molecule has 3 aliphatic rings. The lowest BCUT2D eigenvalue weighted by Crippen LogP contribution is -2.52. The first-order valence-corrected chi connectivity index (χ1v) is 7.67. The van der Waals surface area contributed by atoms with E-state index in [0.29, 0.717) is 18.4 Å². The summed E-state index contributed by atoms with van der Waals surface area (Å²) in [5, 5.41) is 0. The maximum atomic E-state index is 12.7. The van der Waals surface area contributed by atoms with Crippen molar-refractivity contribution in [2.24, 2.45) is 5.41 Å². The van der Waals surface area contributed by atoms with Crippen molar-refractivity contribution in [2.45, 2.75) is 57.9 Å². The summed E-state index contributed by atoms with van der Waals surface area (Å²) in [5.41, 5.74) is 0.308. The van der Waals surface area contributed by atoms with Crippen molar-refractivity contribution in [3.63, 3.8) is 0 Å². The summed E-state index contributed by atoms with van der Waals surface area (Å²) in [5.74, 6) is 0.387. The minimum atomic E-state index is -0.160. The van der Waals surface area contributed by atoms with E-state index in [1.165, 1.54) is 19.3 Å². The SMILES string of the molecule is CC1(CN2CCC(=O)N3CCCCC3C2=O)CCC1. The molecule has 4 heteroatoms. The van der Waals surface area contributed by atoms with Crippen molar-refractivity contribution in [1.29, 1.82) is 0 Å². The van der Waals surface area contributed by atoms with Crippen molar-refractivity contribution < 1.29 is 9.59 Å². The van der Waals surface area contributed by atoms with Crippen molar-refractivity contribution in [3.8, 4) is 0 Å². The van der Waals surface area contributed by atoms with Crippen LogP contribution in [0.4, 0.5) is 0 Å². The van der Waals surface area contributed by atoms with Crippen LogP contribution < -0.4 is 0 Å². The summed E-state index contributed by atoms with van der Waals surface area (Å²) in [7, 11) is 0. The van der Waals surface area contributed by atoms with Crippen molar-refractivity contribution in [2.75, 3.05) is 19.6 Å². The standard InChI is InChI=1S/C15H24N2O2/c1-15(7-4-8-15)11-16-10-6-13(18)17-9-3-2-5-12(17)14(16)19/h12H,2-11H2,1H3. The zero-order chi connectivity index (χ0) is 13.5. The Morgan fingerprint density at radius 3 is 2.63 bits per heavy atom. The Labute approximate surface area is 115 Å². The third-order valence-electron chi connectivity index (χ3n) is 5.15. The van der Waals surface area contributed by atoms with Crippen LogP contribution in [0.5, 0.6) is 0 Å². The Kier molecular flexibility index (Phi) is 3.27. The molecule has 0 bridgehead atoms. The van der Waals surface area contributed by atoms with Gasteiger partial charge in [0.2, 0.25) is 11.8 Å². The van der Waals surface area contributed by atoms with Crippen LogP contribution in [-0.4, -0.2) is 47.3 Å². The lowest BCUT2D eigenvalue weighted by Gasteiger charge is -2.43. The van der Waals surface area contributed by atoms with E-state index in [0.717, 1.165) is 32.4 Å². The highest BCUT2D eigenvalue weighted by Gasteiger charge is 2.41. The Bertz CT molecular complexity index is 390. The second kappa shape index (κ2) is 4.80. The van der Waals surface area contributed by atoms with Gasteiger partial charge in [0, 0.05) is 26.1 Å². The summed E-state index contributed by atoms with van der Waals surface area (Å²) in [6.07, 6.45) is 7.22. The van der Waals surface area contributed by atoms with Gasteiger partial charge in [-0.3, -0.25) is 9.59 Å². The second-order valence-corrected chi connectivity index (χ2v) is 6.77. The predicted octanol–water partition coefficient (Wildman–Crippen LogP) is 1.79. The highest BCUT2D eigenvalue weighted by atomic mass is 16.2. The van der Waals surface area contributed by atoms with Crippen LogP contribution in [0.1, 0.15) is 51.9 Å². The Morgan fingerprint density at radius 2 is 1.95 bits per heavy atom. The molecule has 1 aliphatic carbocycles. The zero-order valence-corrected chi connectivity index (χ0v) is 11.9. The molecule has 0 N–H and O–H groups in total. The van der Waals surface area contributed by atoms with Gasteiger partial charge in [-0.2, -0.15) is 0 Å². The van der Waals surface area contributed by atoms with E-state index in [1.54, 1.807) is 0 Å². The molecular weight excluding hydrogens is 240 g/mol. The van der Waals surface area contributed by atoms with E-state index in [-0.39, 0.29) is 17.9 Å². The molecule has 0 aromatic rings. The fraction of sp³-hybridized carbons (Fsp3) is 0.867. The molecule has 1 atom stereocenters. The molecule has 2 saturated heterocycles. The third kappa shape index (κ3) is 2.37. The molecule has 1 saturated carbocycles. The quantitative estimate of drug-likeness (QED) is 0.763. The smallest absolute Gasteiger partial charge is 0.245 e. The molecule has 0 radical (unpaired) electrons. The van der Waals surface area contributed by atoms with Gasteiger partial charge in [-0.1, -0.05) is 13.3 Å². The summed E-state index contributed by atoms with van der Waals surface area (Å²) < 4.78 is 0. The second-order valence-electron chi connectivity index (χ2n) is 6.77. The van der Waals surface area contributed by atoms with Gasteiger partial charge < -0.3 is 9.80 Å². The van der Waals surface area contributed by atoms with Gasteiger partial charge in [0.1, 0.15) is 6.04 Å². The molecular formula is C15H24N2O2. The maximum Gasteiger partial charge on any atom is 0.245 e. The topological polar surface area (TPSA) is 40.6 Å². The van der Waals surface area contributed by atoms with Crippen LogP contribution in [0, 0.1) is 5.41 Å². The van der Waals surface area contributed by atoms with E-state index in [4.69, 9.17) is 0 Å². The first kappa shape index (κ1) is 12.9. The number of piperidine rings is 1. The lowest BCUT2D eigenvalue weighted by atomic mass is 9.70. The maximum absolute atomic E-state index is 12.7. The predicted molar refractivity (Wildman–Crippen MR) is 72.5 cm³/mol. The van der Waals surface area contributed by atoms with E-state index >= 15 is 0 Å². The normalized spacial score (nSPS) is 30.7. The number of nitrogens with zero attached hydrogens (tertiary/aromatic N) is 2. The van der Waals surface area contributed by atoms with Gasteiger partial charge in [0.05, 0.1) is 0 Å². The number of amides is 2. The molecule has 2 aliphatic heterocycles. The molecule has 2 amide bonds. The third-order valence-corrected chi connectivity index (χ3v) is 5.15. The number of carbonyl (C=O) groups excluding carboxylic acids is 2. The van der Waals surface area contributed by atoms with Crippen LogP contribution in [0.25, 0.3) is 0 Å². The van der Waals surface area contributed by atoms with Crippen LogP contribution >= 0.6 is 0 Å². The highest BCUT2D eigenvalue weighted by molar-refractivity contribution is 5.90. The average Bonchev–Trinajstić information content (AvgIpc) is 2.50. The number of hydrogen-bond donors (Lipinski definition) is 0. The monoisotopic (exact) mass is 264 g/mol. The Hall–Kier alpha value is -1.06. The molecule has 19 heavy (non-hydrogen) atoms. The van der Waals surface area contributed by atoms with Gasteiger partial charge in [0.25, 0.3) is 0 Å². The van der Waals surface area contributed by atoms with Gasteiger partial charge in [-0.25, -0.2) is 0 Å². The van der Waals surface area contributed by atoms with Crippen molar-refractivity contribution in [3.05, 3.63) is 0 Å². The molecule has 1 unspecified atom stereocenters. The zero-order valence-electron chi connectivity index (χ0n) is 11.9. The first-order valence-electron chi connectivity index (χ1n) is 7.67. The van der Waals surface area contributed by atoms with Gasteiger partial charge in [-0.05, 0) is 37.5 Å². The number of fused-ring (bicyclic) bond motifs is 1. The van der Waals surface area contributed by atoms with E-state index in [2.05, 4.69) is 6.92 Å². The van der Waals surface area contributed by atoms with Crippen LogP contribution in [0.3, 0.4) is 0 Å². The largest absolute Gasteiger partial charge is 0.340 e. The minimum Gasteiger partial charge on any atom is -0.340 e. The van der Waals surface area contributed by atoms with Crippen LogP contribution in [-0.2, 0) is 9.59 Å². The van der Waals surface area contributed by atoms with Crippen LogP contribution in [0.15, 0.2) is 0 Å². The van der Waals surface area contributed by atoms with Gasteiger partial charge in [-0.15, -0.1) is 0 Å². The van der Waals surface area contributed by atoms with Gasteiger partial charge >= 0.3 is 0 Å². The highest BCUT2D eigenvalue weighted by Crippen LogP contribution is 2.41. The number of rotatable bonds is 2. The number of carbonyl (C=O) groups is 2. The fourth-order valence-corrected chi connectivity index (χ4v) is 3.74. The molecule has 0 aromatic carbocycles. The Morgan fingerprint density at radius 1 is 1.16 bits per heavy atom. The summed E-state index contributed by atoms with van der Waals surface area (Å²) in [6, 6.07) is -0.160. The van der Waals surface area contributed by atoms with E-state index < -0.39 is 0 Å². The number of hydrogen-bond acceptors (Lipinski definition) is 2. The molecule has 106 valence electrons. The minimum absolute atomic E-state index is 0.160. The lowest BCUT2D eigenvalue weighted by molar-refractivity contribution is -0.144. The van der Waals surface area contributed by atoms with Crippen LogP contribution in [0.2, 0.25) is 0 Å².